The topological polar surface area (TPSA) is 3.88 Å². The van der Waals surface area contributed by atoms with Gasteiger partial charge in [0.25, 0.3) is 0 Å². The van der Waals surface area contributed by atoms with E-state index < -0.39 is 0 Å². The van der Waals surface area contributed by atoms with E-state index in [-0.39, 0.29) is 0 Å². The normalized spacial score (nSPS) is 10.7. The summed E-state index contributed by atoms with van der Waals surface area (Å²) in [6, 6.07) is 19.7. The van der Waals surface area contributed by atoms with Crippen molar-refractivity contribution in [3.05, 3.63) is 77.5 Å². The third-order valence-electron chi connectivity index (χ3n) is 4.28. The maximum absolute atomic E-state index is 2.31. The van der Waals surface area contributed by atoms with E-state index in [0.29, 0.717) is 0 Å². The van der Waals surface area contributed by atoms with E-state index in [1.165, 1.54) is 39.1 Å². The molecule has 0 saturated heterocycles. The van der Waals surface area contributed by atoms with Crippen molar-refractivity contribution >= 4 is 0 Å². The molecule has 0 aliphatic carbocycles. The summed E-state index contributed by atoms with van der Waals surface area (Å²) in [6.45, 7) is 6.49. The number of nitrogens with zero attached hydrogens (tertiary/aromatic N) is 1. The van der Waals surface area contributed by atoms with Crippen LogP contribution < -0.4 is 4.57 Å². The molecule has 3 aromatic rings. The fourth-order valence-corrected chi connectivity index (χ4v) is 2.91. The zero-order valence-electron chi connectivity index (χ0n) is 13.7. The molecule has 0 N–H and O–H groups in total. The molecule has 0 amide bonds. The number of hydrogen-bond donors (Lipinski definition) is 0. The molecule has 0 atom stereocenters. The molecule has 1 heterocycles. The molecule has 0 fully saturated rings. The summed E-state index contributed by atoms with van der Waals surface area (Å²) in [5.74, 6) is 0. The van der Waals surface area contributed by atoms with E-state index in [1.54, 1.807) is 0 Å². The van der Waals surface area contributed by atoms with E-state index in [2.05, 4.69) is 93.2 Å². The van der Waals surface area contributed by atoms with Crippen molar-refractivity contribution in [1.82, 2.24) is 0 Å². The Morgan fingerprint density at radius 1 is 0.727 bits per heavy atom. The Kier molecular flexibility index (Phi) is 3.81. The van der Waals surface area contributed by atoms with Gasteiger partial charge in [-0.05, 0) is 54.7 Å². The fourth-order valence-electron chi connectivity index (χ4n) is 2.91. The Hall–Kier alpha value is -2.41. The van der Waals surface area contributed by atoms with Gasteiger partial charge in [-0.3, -0.25) is 0 Å². The lowest BCUT2D eigenvalue weighted by Crippen LogP contribution is -2.30. The van der Waals surface area contributed by atoms with Gasteiger partial charge in [0.1, 0.15) is 7.05 Å². The third kappa shape index (κ3) is 2.67. The van der Waals surface area contributed by atoms with Gasteiger partial charge >= 0.3 is 0 Å². The zero-order valence-corrected chi connectivity index (χ0v) is 13.7. The molecule has 22 heavy (non-hydrogen) atoms. The van der Waals surface area contributed by atoms with Crippen molar-refractivity contribution in [3.63, 3.8) is 0 Å². The first kappa shape index (κ1) is 14.5. The van der Waals surface area contributed by atoms with Crippen LogP contribution in [-0.4, -0.2) is 0 Å². The molecule has 1 aromatic heterocycles. The first-order valence-corrected chi connectivity index (χ1v) is 7.69. The summed E-state index contributed by atoms with van der Waals surface area (Å²) in [4.78, 5) is 0. The number of rotatable bonds is 2. The van der Waals surface area contributed by atoms with Crippen LogP contribution in [0.3, 0.4) is 0 Å². The highest BCUT2D eigenvalue weighted by Gasteiger charge is 2.14. The van der Waals surface area contributed by atoms with Crippen LogP contribution in [0.2, 0.25) is 0 Å². The van der Waals surface area contributed by atoms with Gasteiger partial charge < -0.3 is 0 Å². The molecule has 2 aromatic carbocycles. The van der Waals surface area contributed by atoms with E-state index in [0.717, 1.165) is 0 Å². The highest BCUT2D eigenvalue weighted by atomic mass is 14.9. The van der Waals surface area contributed by atoms with E-state index in [4.69, 9.17) is 0 Å². The molecule has 110 valence electrons. The molecule has 0 saturated carbocycles. The third-order valence-corrected chi connectivity index (χ3v) is 4.28. The van der Waals surface area contributed by atoms with Gasteiger partial charge in [0.15, 0.2) is 6.20 Å². The lowest BCUT2D eigenvalue weighted by Gasteiger charge is -2.10. The van der Waals surface area contributed by atoms with Gasteiger partial charge in [0.2, 0.25) is 5.69 Å². The van der Waals surface area contributed by atoms with Crippen molar-refractivity contribution in [3.8, 4) is 22.4 Å². The molecular weight excluding hydrogens is 266 g/mol. The molecule has 3 rings (SSSR count). The zero-order chi connectivity index (χ0) is 15.7. The van der Waals surface area contributed by atoms with Crippen LogP contribution in [0.1, 0.15) is 16.7 Å². The van der Waals surface area contributed by atoms with Gasteiger partial charge in [0, 0.05) is 17.7 Å². The van der Waals surface area contributed by atoms with Crippen molar-refractivity contribution < 1.29 is 4.57 Å². The van der Waals surface area contributed by atoms with E-state index in [1.807, 2.05) is 0 Å². The minimum Gasteiger partial charge on any atom is -0.201 e. The fraction of sp³-hybridized carbons (Fsp3) is 0.190. The first-order valence-electron chi connectivity index (χ1n) is 7.69. The van der Waals surface area contributed by atoms with Crippen LogP contribution >= 0.6 is 0 Å². The summed E-state index contributed by atoms with van der Waals surface area (Å²) < 4.78 is 2.19. The van der Waals surface area contributed by atoms with Gasteiger partial charge in [-0.25, -0.2) is 4.57 Å². The summed E-state index contributed by atoms with van der Waals surface area (Å²) >= 11 is 0. The smallest absolute Gasteiger partial charge is 0.201 e. The largest absolute Gasteiger partial charge is 0.212 e. The monoisotopic (exact) mass is 288 g/mol. The second-order valence-electron chi connectivity index (χ2n) is 6.04. The number of pyridine rings is 1. The average molecular weight is 288 g/mol. The molecule has 0 spiro atoms. The molecular formula is C21H22N+. The number of benzene rings is 2. The highest BCUT2D eigenvalue weighted by Crippen LogP contribution is 2.29. The molecule has 0 radical (unpaired) electrons. The Labute approximate surface area is 132 Å². The Morgan fingerprint density at radius 3 is 2.23 bits per heavy atom. The van der Waals surface area contributed by atoms with Crippen LogP contribution in [-0.2, 0) is 7.05 Å². The predicted octanol–water partition coefficient (Wildman–Crippen LogP) is 4.77. The van der Waals surface area contributed by atoms with Crippen LogP contribution in [0.15, 0.2) is 60.8 Å². The Balaban J connectivity index is 2.20. The summed E-state index contributed by atoms with van der Waals surface area (Å²) in [6.07, 6.45) is 2.13. The van der Waals surface area contributed by atoms with Crippen LogP contribution in [0.5, 0.6) is 0 Å². The standard InChI is InChI=1S/C21H22N/c1-15-11-12-22(4)21(13-15)20-14-18(10-9-17(20)3)19-8-6-5-7-16(19)2/h5-14H,1-4H3/q+1. The second kappa shape index (κ2) is 5.76. The number of aromatic nitrogens is 1. The SMILES string of the molecule is Cc1cc[n+](C)c(-c2cc(-c3ccccc3C)ccc2C)c1. The molecule has 0 aliphatic rings. The van der Waals surface area contributed by atoms with E-state index >= 15 is 0 Å². The Morgan fingerprint density at radius 2 is 1.45 bits per heavy atom. The van der Waals surface area contributed by atoms with Gasteiger partial charge in [-0.15, -0.1) is 0 Å². The van der Waals surface area contributed by atoms with Crippen molar-refractivity contribution in [2.75, 3.05) is 0 Å². The maximum Gasteiger partial charge on any atom is 0.212 e. The van der Waals surface area contributed by atoms with Gasteiger partial charge in [-0.1, -0.05) is 36.4 Å². The maximum atomic E-state index is 2.31. The summed E-state index contributed by atoms with van der Waals surface area (Å²) in [7, 11) is 2.11. The van der Waals surface area contributed by atoms with Crippen LogP contribution in [0.25, 0.3) is 22.4 Å². The van der Waals surface area contributed by atoms with Crippen LogP contribution in [0.4, 0.5) is 0 Å². The minimum atomic E-state index is 1.26. The second-order valence-corrected chi connectivity index (χ2v) is 6.04. The van der Waals surface area contributed by atoms with Gasteiger partial charge in [-0.2, -0.15) is 0 Å². The molecule has 0 aliphatic heterocycles. The van der Waals surface area contributed by atoms with Gasteiger partial charge in [0.05, 0.1) is 0 Å². The van der Waals surface area contributed by atoms with Crippen molar-refractivity contribution in [1.29, 1.82) is 0 Å². The molecule has 0 bridgehead atoms. The lowest BCUT2D eigenvalue weighted by atomic mass is 9.95. The minimum absolute atomic E-state index is 1.26. The first-order chi connectivity index (χ1) is 10.6. The Bertz CT molecular complexity index is 831. The quantitative estimate of drug-likeness (QED) is 0.598. The molecule has 1 nitrogen and oxygen atoms in total. The van der Waals surface area contributed by atoms with Crippen molar-refractivity contribution in [2.45, 2.75) is 20.8 Å². The van der Waals surface area contributed by atoms with E-state index in [9.17, 15) is 0 Å². The van der Waals surface area contributed by atoms with Crippen LogP contribution in [0, 0.1) is 20.8 Å². The summed E-state index contributed by atoms with van der Waals surface area (Å²) in [5.41, 5.74) is 9.04. The average Bonchev–Trinajstić information content (AvgIpc) is 2.51. The number of hydrogen-bond acceptors (Lipinski definition) is 0. The number of aryl methyl sites for hydroxylation is 4. The molecule has 1 heteroatoms. The van der Waals surface area contributed by atoms with Crippen molar-refractivity contribution in [2.24, 2.45) is 7.05 Å². The highest BCUT2D eigenvalue weighted by molar-refractivity contribution is 5.74. The molecule has 0 unspecified atom stereocenters. The summed E-state index contributed by atoms with van der Waals surface area (Å²) in [5, 5.41) is 0. The lowest BCUT2D eigenvalue weighted by molar-refractivity contribution is -0.660. The predicted molar refractivity (Wildman–Crippen MR) is 92.7 cm³/mol.